The van der Waals surface area contributed by atoms with Crippen molar-refractivity contribution in [2.45, 2.75) is 30.6 Å². The molecule has 0 aromatic heterocycles. The molecule has 96 valence electrons. The largest absolute Gasteiger partial charge is 0.417 e. The van der Waals surface area contributed by atoms with Gasteiger partial charge in [0, 0.05) is 4.90 Å². The second-order valence-corrected chi connectivity index (χ2v) is 3.78. The van der Waals surface area contributed by atoms with Crippen LogP contribution in [0.1, 0.15) is 23.6 Å². The number of hydrogen-bond acceptors (Lipinski definition) is 1. The van der Waals surface area contributed by atoms with Crippen LogP contribution in [0.4, 0.5) is 26.3 Å². The van der Waals surface area contributed by atoms with Crippen LogP contribution < -0.4 is 0 Å². The predicted molar refractivity (Wildman–Crippen MR) is 53.1 cm³/mol. The molecule has 7 heteroatoms. The Morgan fingerprint density at radius 1 is 0.941 bits per heavy atom. The highest BCUT2D eigenvalue weighted by molar-refractivity contribution is 7.80. The van der Waals surface area contributed by atoms with E-state index in [1.807, 2.05) is 0 Å². The van der Waals surface area contributed by atoms with Crippen LogP contribution in [-0.2, 0) is 18.8 Å². The summed E-state index contributed by atoms with van der Waals surface area (Å²) in [6, 6.07) is 0.853. The van der Waals surface area contributed by atoms with Crippen LogP contribution in [0.5, 0.6) is 0 Å². The van der Waals surface area contributed by atoms with E-state index in [1.165, 1.54) is 6.92 Å². The van der Waals surface area contributed by atoms with Gasteiger partial charge in [0.1, 0.15) is 0 Å². The third-order valence-electron chi connectivity index (χ3n) is 2.25. The molecule has 17 heavy (non-hydrogen) atoms. The summed E-state index contributed by atoms with van der Waals surface area (Å²) >= 11 is 3.57. The minimum atomic E-state index is -4.70. The molecule has 0 nitrogen and oxygen atoms in total. The fourth-order valence-electron chi connectivity index (χ4n) is 1.49. The van der Waals surface area contributed by atoms with Crippen molar-refractivity contribution in [2.24, 2.45) is 0 Å². The summed E-state index contributed by atoms with van der Waals surface area (Å²) in [4.78, 5) is -0.658. The Morgan fingerprint density at radius 2 is 1.35 bits per heavy atom. The molecule has 1 rings (SSSR count). The molecule has 0 aliphatic carbocycles. The lowest BCUT2D eigenvalue weighted by molar-refractivity contribution is -0.143. The zero-order valence-electron chi connectivity index (χ0n) is 8.58. The fourth-order valence-corrected chi connectivity index (χ4v) is 1.97. The van der Waals surface area contributed by atoms with Gasteiger partial charge in [-0.25, -0.2) is 0 Å². The average Bonchev–Trinajstić information content (AvgIpc) is 2.13. The van der Waals surface area contributed by atoms with Gasteiger partial charge in [-0.3, -0.25) is 0 Å². The van der Waals surface area contributed by atoms with Crippen LogP contribution in [0.25, 0.3) is 0 Å². The average molecular weight is 274 g/mol. The SMILES string of the molecule is CCc1c(C(F)(F)F)ccc(C(F)(F)F)c1S. The molecule has 0 amide bonds. The molecule has 0 N–H and O–H groups in total. The van der Waals surface area contributed by atoms with E-state index in [0.29, 0.717) is 12.1 Å². The molecule has 0 aliphatic heterocycles. The van der Waals surface area contributed by atoms with Crippen LogP contribution in [0.15, 0.2) is 17.0 Å². The molecule has 1 aromatic rings. The van der Waals surface area contributed by atoms with Gasteiger partial charge < -0.3 is 0 Å². The predicted octanol–water partition coefficient (Wildman–Crippen LogP) is 4.58. The Hall–Kier alpha value is -0.850. The molecule has 0 spiro atoms. The number of hydrogen-bond donors (Lipinski definition) is 1. The standard InChI is InChI=1S/C10H8F6S/c1-2-5-6(9(11,12)13)3-4-7(8(5)17)10(14,15)16/h3-4,17H,2H2,1H3. The summed E-state index contributed by atoms with van der Waals surface area (Å²) in [5, 5.41) is 0. The topological polar surface area (TPSA) is 0 Å². The quantitative estimate of drug-likeness (QED) is 0.562. The second kappa shape index (κ2) is 4.44. The van der Waals surface area contributed by atoms with Crippen molar-refractivity contribution in [3.8, 4) is 0 Å². The summed E-state index contributed by atoms with van der Waals surface area (Å²) in [7, 11) is 0. The molecule has 0 atom stereocenters. The number of thiol groups is 1. The van der Waals surface area contributed by atoms with Crippen LogP contribution in [0.2, 0.25) is 0 Å². The van der Waals surface area contributed by atoms with Crippen LogP contribution in [0.3, 0.4) is 0 Å². The first kappa shape index (κ1) is 14.2. The Morgan fingerprint density at radius 3 is 1.71 bits per heavy atom. The van der Waals surface area contributed by atoms with Crippen molar-refractivity contribution in [1.82, 2.24) is 0 Å². The highest BCUT2D eigenvalue weighted by Gasteiger charge is 2.38. The lowest BCUT2D eigenvalue weighted by Gasteiger charge is -2.17. The van der Waals surface area contributed by atoms with E-state index in [-0.39, 0.29) is 6.42 Å². The minimum Gasteiger partial charge on any atom is -0.166 e. The number of alkyl halides is 6. The Labute approximate surface area is 99.0 Å². The third-order valence-corrected chi connectivity index (χ3v) is 2.76. The number of benzene rings is 1. The fraction of sp³-hybridized carbons (Fsp3) is 0.400. The van der Waals surface area contributed by atoms with E-state index in [1.54, 1.807) is 0 Å². The number of halogens is 6. The van der Waals surface area contributed by atoms with E-state index >= 15 is 0 Å². The zero-order valence-corrected chi connectivity index (χ0v) is 9.47. The van der Waals surface area contributed by atoms with Gasteiger partial charge in [-0.05, 0) is 24.1 Å². The van der Waals surface area contributed by atoms with Crippen molar-refractivity contribution < 1.29 is 26.3 Å². The van der Waals surface area contributed by atoms with E-state index in [2.05, 4.69) is 12.6 Å². The van der Waals surface area contributed by atoms with Gasteiger partial charge in [-0.2, -0.15) is 26.3 Å². The maximum absolute atomic E-state index is 12.5. The summed E-state index contributed by atoms with van der Waals surface area (Å²) in [5.41, 5.74) is -2.65. The van der Waals surface area contributed by atoms with Gasteiger partial charge in [0.25, 0.3) is 0 Å². The smallest absolute Gasteiger partial charge is 0.166 e. The first-order chi connectivity index (χ1) is 7.59. The molecular formula is C10H8F6S. The van der Waals surface area contributed by atoms with Crippen molar-refractivity contribution in [2.75, 3.05) is 0 Å². The van der Waals surface area contributed by atoms with Gasteiger partial charge in [-0.15, -0.1) is 12.6 Å². The molecule has 0 aliphatic rings. The maximum Gasteiger partial charge on any atom is 0.417 e. The van der Waals surface area contributed by atoms with Crippen molar-refractivity contribution >= 4 is 12.6 Å². The normalized spacial score (nSPS) is 12.9. The number of rotatable bonds is 1. The molecule has 0 fully saturated rings. The van der Waals surface area contributed by atoms with Crippen molar-refractivity contribution in [3.63, 3.8) is 0 Å². The molecule has 0 heterocycles. The Kier molecular flexibility index (Phi) is 3.71. The van der Waals surface area contributed by atoms with E-state index < -0.39 is 33.9 Å². The first-order valence-electron chi connectivity index (χ1n) is 4.58. The molecular weight excluding hydrogens is 266 g/mol. The third kappa shape index (κ3) is 2.88. The zero-order chi connectivity index (χ0) is 13.4. The van der Waals surface area contributed by atoms with Crippen LogP contribution in [0, 0.1) is 0 Å². The van der Waals surface area contributed by atoms with Crippen molar-refractivity contribution in [1.29, 1.82) is 0 Å². The summed E-state index contributed by atoms with van der Waals surface area (Å²) in [6.07, 6.45) is -9.55. The summed E-state index contributed by atoms with van der Waals surface area (Å²) in [5.74, 6) is 0. The lowest BCUT2D eigenvalue weighted by Crippen LogP contribution is -2.14. The highest BCUT2D eigenvalue weighted by atomic mass is 32.1. The van der Waals surface area contributed by atoms with Crippen LogP contribution >= 0.6 is 12.6 Å². The molecule has 0 radical (unpaired) electrons. The van der Waals surface area contributed by atoms with Gasteiger partial charge >= 0.3 is 12.4 Å². The Balaban J connectivity index is 3.49. The van der Waals surface area contributed by atoms with E-state index in [4.69, 9.17) is 0 Å². The van der Waals surface area contributed by atoms with Gasteiger partial charge in [0.15, 0.2) is 0 Å². The molecule has 0 bridgehead atoms. The second-order valence-electron chi connectivity index (χ2n) is 3.34. The van der Waals surface area contributed by atoms with Crippen molar-refractivity contribution in [3.05, 3.63) is 28.8 Å². The molecule has 0 saturated carbocycles. The summed E-state index contributed by atoms with van der Waals surface area (Å²) in [6.45, 7) is 1.35. The highest BCUT2D eigenvalue weighted by Crippen LogP contribution is 2.41. The molecule has 0 unspecified atom stereocenters. The Bertz CT molecular complexity index is 418. The maximum atomic E-state index is 12.5. The molecule has 1 aromatic carbocycles. The van der Waals surface area contributed by atoms with Crippen LogP contribution in [-0.4, -0.2) is 0 Å². The van der Waals surface area contributed by atoms with Gasteiger partial charge in [-0.1, -0.05) is 6.92 Å². The van der Waals surface area contributed by atoms with E-state index in [0.717, 1.165) is 0 Å². The summed E-state index contributed by atoms with van der Waals surface area (Å²) < 4.78 is 75.0. The molecule has 0 saturated heterocycles. The monoisotopic (exact) mass is 274 g/mol. The van der Waals surface area contributed by atoms with E-state index in [9.17, 15) is 26.3 Å². The van der Waals surface area contributed by atoms with Gasteiger partial charge in [0.2, 0.25) is 0 Å². The van der Waals surface area contributed by atoms with Gasteiger partial charge in [0.05, 0.1) is 11.1 Å². The lowest BCUT2D eigenvalue weighted by atomic mass is 10.0. The first-order valence-corrected chi connectivity index (χ1v) is 5.03. The minimum absolute atomic E-state index is 0.169.